The molecule has 19 heavy (non-hydrogen) atoms. The Morgan fingerprint density at radius 3 is 2.89 bits per heavy atom. The number of aromatic nitrogens is 4. The van der Waals surface area contributed by atoms with Gasteiger partial charge in [0.2, 0.25) is 5.82 Å². The van der Waals surface area contributed by atoms with Crippen LogP contribution >= 0.6 is 11.3 Å². The quantitative estimate of drug-likeness (QED) is 0.715. The topological polar surface area (TPSA) is 104 Å². The third-order valence-corrected chi connectivity index (χ3v) is 4.11. The van der Waals surface area contributed by atoms with Crippen molar-refractivity contribution in [1.29, 1.82) is 0 Å². The van der Waals surface area contributed by atoms with Gasteiger partial charge in [0.25, 0.3) is 5.91 Å². The molecule has 1 aliphatic carbocycles. The van der Waals surface area contributed by atoms with Gasteiger partial charge in [0.05, 0.1) is 5.69 Å². The number of hydrogen-bond donors (Lipinski definition) is 3. The summed E-state index contributed by atoms with van der Waals surface area (Å²) in [5.74, 6) is -0.488. The van der Waals surface area contributed by atoms with Crippen molar-refractivity contribution in [3.63, 3.8) is 0 Å². The number of carbonyl (C=O) groups is 1. The van der Waals surface area contributed by atoms with Gasteiger partial charge < -0.3 is 0 Å². The molecule has 0 saturated heterocycles. The highest BCUT2D eigenvalue weighted by molar-refractivity contribution is 7.15. The Hall–Kier alpha value is -1.96. The van der Waals surface area contributed by atoms with E-state index in [2.05, 4.69) is 25.5 Å². The van der Waals surface area contributed by atoms with Crippen molar-refractivity contribution in [2.75, 3.05) is 5.32 Å². The van der Waals surface area contributed by atoms with E-state index in [0.29, 0.717) is 5.13 Å². The zero-order valence-electron chi connectivity index (χ0n) is 10.2. The third kappa shape index (κ3) is 2.58. The highest BCUT2D eigenvalue weighted by Crippen LogP contribution is 2.28. The molecule has 0 radical (unpaired) electrons. The molecule has 3 rings (SSSR count). The van der Waals surface area contributed by atoms with Gasteiger partial charge in [-0.2, -0.15) is 0 Å². The number of H-pyrrole nitrogens is 2. The van der Waals surface area contributed by atoms with Gasteiger partial charge in [-0.05, 0) is 25.7 Å². The summed E-state index contributed by atoms with van der Waals surface area (Å²) in [6, 6.07) is 0. The standard InChI is InChI=1S/C11H13N5O2S/c17-9(8-13-10(18)16-15-8)14-11-12-6-4-2-1-3-5-7(6)19-11/h1-5H2,(H,12,14,17)(H2,13,15,16,18). The number of hydrogen-bond acceptors (Lipinski definition) is 5. The first-order valence-corrected chi connectivity index (χ1v) is 6.98. The summed E-state index contributed by atoms with van der Waals surface area (Å²) < 4.78 is 0. The maximum atomic E-state index is 11.8. The molecule has 100 valence electrons. The average molecular weight is 279 g/mol. The molecule has 0 aliphatic heterocycles. The molecule has 0 saturated carbocycles. The summed E-state index contributed by atoms with van der Waals surface area (Å²) in [5.41, 5.74) is 0.591. The molecule has 1 aliphatic rings. The number of aromatic amines is 2. The Morgan fingerprint density at radius 2 is 2.11 bits per heavy atom. The van der Waals surface area contributed by atoms with Crippen molar-refractivity contribution in [2.24, 2.45) is 0 Å². The summed E-state index contributed by atoms with van der Waals surface area (Å²) >= 11 is 1.51. The van der Waals surface area contributed by atoms with Crippen LogP contribution in [0.15, 0.2) is 4.79 Å². The van der Waals surface area contributed by atoms with Gasteiger partial charge in [-0.3, -0.25) is 15.1 Å². The van der Waals surface area contributed by atoms with Crippen LogP contribution in [-0.2, 0) is 12.8 Å². The lowest BCUT2D eigenvalue weighted by atomic mass is 10.2. The van der Waals surface area contributed by atoms with Crippen LogP contribution in [0.3, 0.4) is 0 Å². The molecule has 2 aromatic rings. The molecule has 0 fully saturated rings. The lowest BCUT2D eigenvalue weighted by Crippen LogP contribution is -2.14. The Morgan fingerprint density at radius 1 is 1.26 bits per heavy atom. The SMILES string of the molecule is O=C(Nc1nc2c(s1)CCCCC2)c1n[nH]c(=O)[nH]1. The summed E-state index contributed by atoms with van der Waals surface area (Å²) in [4.78, 5) is 30.7. The predicted octanol–water partition coefficient (Wildman–Crippen LogP) is 1.08. The van der Waals surface area contributed by atoms with Crippen molar-refractivity contribution in [2.45, 2.75) is 32.1 Å². The number of amides is 1. The smallest absolute Gasteiger partial charge is 0.295 e. The van der Waals surface area contributed by atoms with E-state index in [-0.39, 0.29) is 5.82 Å². The second-order valence-electron chi connectivity index (χ2n) is 4.43. The van der Waals surface area contributed by atoms with Gasteiger partial charge in [-0.1, -0.05) is 6.42 Å². The fourth-order valence-corrected chi connectivity index (χ4v) is 3.16. The van der Waals surface area contributed by atoms with Crippen LogP contribution in [0, 0.1) is 0 Å². The molecule has 8 heteroatoms. The van der Waals surface area contributed by atoms with E-state index in [1.54, 1.807) is 0 Å². The number of nitrogens with one attached hydrogen (secondary N) is 3. The van der Waals surface area contributed by atoms with E-state index in [4.69, 9.17) is 0 Å². The van der Waals surface area contributed by atoms with E-state index in [1.165, 1.54) is 29.1 Å². The zero-order valence-corrected chi connectivity index (χ0v) is 11.0. The molecule has 0 unspecified atom stereocenters. The minimum absolute atomic E-state index is 0.0320. The van der Waals surface area contributed by atoms with E-state index in [9.17, 15) is 9.59 Å². The minimum atomic E-state index is -0.500. The monoisotopic (exact) mass is 279 g/mol. The number of aryl methyl sites for hydroxylation is 2. The molecule has 2 heterocycles. The second-order valence-corrected chi connectivity index (χ2v) is 5.51. The first-order valence-electron chi connectivity index (χ1n) is 6.17. The number of fused-ring (bicyclic) bond motifs is 1. The molecular weight excluding hydrogens is 266 g/mol. The molecule has 0 aromatic carbocycles. The first kappa shape index (κ1) is 12.1. The van der Waals surface area contributed by atoms with Gasteiger partial charge in [-0.25, -0.2) is 14.9 Å². The molecule has 7 nitrogen and oxygen atoms in total. The maximum absolute atomic E-state index is 11.8. The predicted molar refractivity (Wildman–Crippen MR) is 70.5 cm³/mol. The number of carbonyl (C=O) groups excluding carboxylic acids is 1. The Labute approximate surface area is 112 Å². The summed E-state index contributed by atoms with van der Waals surface area (Å²) in [6.07, 6.45) is 5.56. The summed E-state index contributed by atoms with van der Waals surface area (Å²) in [7, 11) is 0. The molecule has 0 atom stereocenters. The maximum Gasteiger partial charge on any atom is 0.341 e. The minimum Gasteiger partial charge on any atom is -0.295 e. The van der Waals surface area contributed by atoms with Crippen LogP contribution in [0.1, 0.15) is 40.5 Å². The average Bonchev–Trinajstić information content (AvgIpc) is 2.91. The fraction of sp³-hybridized carbons (Fsp3) is 0.455. The van der Waals surface area contributed by atoms with Crippen LogP contribution in [-0.4, -0.2) is 26.1 Å². The van der Waals surface area contributed by atoms with Crippen molar-refractivity contribution >= 4 is 22.4 Å². The van der Waals surface area contributed by atoms with Gasteiger partial charge in [0, 0.05) is 4.88 Å². The van der Waals surface area contributed by atoms with Crippen molar-refractivity contribution in [3.05, 3.63) is 26.9 Å². The van der Waals surface area contributed by atoms with E-state index in [1.807, 2.05) is 0 Å². The highest BCUT2D eigenvalue weighted by atomic mass is 32.1. The van der Waals surface area contributed by atoms with Crippen molar-refractivity contribution < 1.29 is 4.79 Å². The molecule has 0 spiro atoms. The molecule has 0 bridgehead atoms. The lowest BCUT2D eigenvalue weighted by Gasteiger charge is -1.97. The van der Waals surface area contributed by atoms with Crippen LogP contribution in [0.5, 0.6) is 0 Å². The highest BCUT2D eigenvalue weighted by Gasteiger charge is 2.17. The molecule has 3 N–H and O–H groups in total. The van der Waals surface area contributed by atoms with Gasteiger partial charge >= 0.3 is 5.69 Å². The Bertz CT molecular complexity index is 633. The van der Waals surface area contributed by atoms with Gasteiger partial charge in [0.15, 0.2) is 5.13 Å². The summed E-state index contributed by atoms with van der Waals surface area (Å²) in [6.45, 7) is 0. The van der Waals surface area contributed by atoms with Crippen LogP contribution < -0.4 is 11.0 Å². The van der Waals surface area contributed by atoms with Crippen molar-refractivity contribution in [1.82, 2.24) is 20.2 Å². The normalized spacial score (nSPS) is 14.7. The number of nitrogens with zero attached hydrogens (tertiary/aromatic N) is 2. The number of thiazole rings is 1. The largest absolute Gasteiger partial charge is 0.341 e. The van der Waals surface area contributed by atoms with Crippen LogP contribution in [0.25, 0.3) is 0 Å². The summed E-state index contributed by atoms with van der Waals surface area (Å²) in [5, 5.41) is 8.97. The van der Waals surface area contributed by atoms with Crippen molar-refractivity contribution in [3.8, 4) is 0 Å². The van der Waals surface area contributed by atoms with Crippen LogP contribution in [0.4, 0.5) is 5.13 Å². The Balaban J connectivity index is 1.77. The fourth-order valence-electron chi connectivity index (χ4n) is 2.12. The van der Waals surface area contributed by atoms with E-state index in [0.717, 1.165) is 25.0 Å². The molecular formula is C11H13N5O2S. The van der Waals surface area contributed by atoms with E-state index < -0.39 is 11.6 Å². The van der Waals surface area contributed by atoms with Crippen LogP contribution in [0.2, 0.25) is 0 Å². The lowest BCUT2D eigenvalue weighted by molar-refractivity contribution is 0.101. The van der Waals surface area contributed by atoms with Gasteiger partial charge in [-0.15, -0.1) is 16.4 Å². The zero-order chi connectivity index (χ0) is 13.2. The van der Waals surface area contributed by atoms with E-state index >= 15 is 0 Å². The van der Waals surface area contributed by atoms with Gasteiger partial charge in [0.1, 0.15) is 0 Å². The molecule has 2 aromatic heterocycles. The molecule has 1 amide bonds. The second kappa shape index (κ2) is 4.96. The third-order valence-electron chi connectivity index (χ3n) is 3.03. The number of anilines is 1. The number of rotatable bonds is 2. The first-order chi connectivity index (χ1) is 9.22. The Kier molecular flexibility index (Phi) is 3.16.